The highest BCUT2D eigenvalue weighted by molar-refractivity contribution is 7.89. The summed E-state index contributed by atoms with van der Waals surface area (Å²) in [7, 11) is -3.78. The maximum Gasteiger partial charge on any atom is 0.246 e. The van der Waals surface area contributed by atoms with Crippen LogP contribution in [0.5, 0.6) is 0 Å². The lowest BCUT2D eigenvalue weighted by Gasteiger charge is -2.33. The molecule has 0 aromatic heterocycles. The summed E-state index contributed by atoms with van der Waals surface area (Å²) in [5, 5.41) is 9.72. The van der Waals surface area contributed by atoms with Gasteiger partial charge in [-0.25, -0.2) is 8.42 Å². The molecule has 3 rings (SSSR count). The molecule has 1 amide bonds. The van der Waals surface area contributed by atoms with Crippen molar-refractivity contribution in [1.82, 2.24) is 9.21 Å². The van der Waals surface area contributed by atoms with Crippen LogP contribution in [0, 0.1) is 11.3 Å². The van der Waals surface area contributed by atoms with Crippen LogP contribution in [0.4, 0.5) is 0 Å². The van der Waals surface area contributed by atoms with Crippen molar-refractivity contribution in [1.29, 1.82) is 5.26 Å². The number of hydrogen-bond acceptors (Lipinski definition) is 4. The van der Waals surface area contributed by atoms with E-state index in [2.05, 4.69) is 0 Å². The lowest BCUT2D eigenvalue weighted by Crippen LogP contribution is -2.50. The summed E-state index contributed by atoms with van der Waals surface area (Å²) in [4.78, 5) is 14.0. The van der Waals surface area contributed by atoms with Gasteiger partial charge in [-0.1, -0.05) is 41.9 Å². The van der Waals surface area contributed by atoms with Crippen molar-refractivity contribution in [3.8, 4) is 6.07 Å². The highest BCUT2D eigenvalue weighted by Crippen LogP contribution is 2.21. The summed E-state index contributed by atoms with van der Waals surface area (Å²) in [5.41, 5.74) is 0.857. The standard InChI is InChI=1S/C20H18ClN3O3S/c21-18-7-3-1-5-16(18)9-10-20(25)23-11-13-24(14-12-23)28(26,27)19-8-4-2-6-17(19)15-22/h1-10H,11-14H2/b10-9+. The third-order valence-electron chi connectivity index (χ3n) is 4.49. The molecule has 0 unspecified atom stereocenters. The number of benzene rings is 2. The average Bonchev–Trinajstić information content (AvgIpc) is 2.73. The molecule has 0 atom stereocenters. The molecule has 144 valence electrons. The molecule has 0 saturated carbocycles. The van der Waals surface area contributed by atoms with Crippen LogP contribution in [0.25, 0.3) is 6.08 Å². The molecule has 0 aliphatic carbocycles. The Bertz CT molecular complexity index is 1050. The third kappa shape index (κ3) is 4.25. The highest BCUT2D eigenvalue weighted by Gasteiger charge is 2.31. The maximum atomic E-state index is 12.8. The molecule has 28 heavy (non-hydrogen) atoms. The fourth-order valence-corrected chi connectivity index (χ4v) is 4.71. The maximum absolute atomic E-state index is 12.8. The first-order chi connectivity index (χ1) is 13.4. The summed E-state index contributed by atoms with van der Waals surface area (Å²) >= 11 is 6.07. The number of piperazine rings is 1. The molecule has 1 fully saturated rings. The molecule has 2 aromatic rings. The summed E-state index contributed by atoms with van der Waals surface area (Å²) in [6.07, 6.45) is 3.09. The third-order valence-corrected chi connectivity index (χ3v) is 6.79. The Balaban J connectivity index is 1.66. The van der Waals surface area contributed by atoms with Gasteiger partial charge >= 0.3 is 0 Å². The van der Waals surface area contributed by atoms with Crippen molar-refractivity contribution in [3.05, 3.63) is 70.8 Å². The van der Waals surface area contributed by atoms with E-state index in [4.69, 9.17) is 16.9 Å². The van der Waals surface area contributed by atoms with Crippen molar-refractivity contribution in [3.63, 3.8) is 0 Å². The number of nitriles is 1. The van der Waals surface area contributed by atoms with Crippen molar-refractivity contribution in [2.45, 2.75) is 4.90 Å². The minimum absolute atomic E-state index is 0.00380. The largest absolute Gasteiger partial charge is 0.337 e. The van der Waals surface area contributed by atoms with Gasteiger partial charge in [0.2, 0.25) is 15.9 Å². The van der Waals surface area contributed by atoms with Gasteiger partial charge in [0, 0.05) is 37.3 Å². The number of hydrogen-bond donors (Lipinski definition) is 0. The second-order valence-electron chi connectivity index (χ2n) is 6.19. The van der Waals surface area contributed by atoms with Crippen molar-refractivity contribution in [2.24, 2.45) is 0 Å². The van der Waals surface area contributed by atoms with E-state index in [1.165, 1.54) is 22.5 Å². The van der Waals surface area contributed by atoms with Gasteiger partial charge in [-0.05, 0) is 29.8 Å². The minimum Gasteiger partial charge on any atom is -0.337 e. The smallest absolute Gasteiger partial charge is 0.246 e. The van der Waals surface area contributed by atoms with Crippen LogP contribution in [-0.4, -0.2) is 49.7 Å². The molecule has 1 aliphatic rings. The van der Waals surface area contributed by atoms with E-state index in [1.807, 2.05) is 24.3 Å². The molecular weight excluding hydrogens is 398 g/mol. The first-order valence-electron chi connectivity index (χ1n) is 8.64. The first-order valence-corrected chi connectivity index (χ1v) is 10.5. The SMILES string of the molecule is N#Cc1ccccc1S(=O)(=O)N1CCN(C(=O)/C=C/c2ccccc2Cl)CC1. The molecule has 0 spiro atoms. The molecule has 1 saturated heterocycles. The molecule has 1 aliphatic heterocycles. The molecule has 0 N–H and O–H groups in total. The minimum atomic E-state index is -3.78. The Morgan fingerprint density at radius 2 is 1.68 bits per heavy atom. The van der Waals surface area contributed by atoms with Gasteiger partial charge in [0.25, 0.3) is 0 Å². The zero-order valence-corrected chi connectivity index (χ0v) is 16.5. The summed E-state index contributed by atoms with van der Waals surface area (Å²) in [6.45, 7) is 0.904. The van der Waals surface area contributed by atoms with Crippen LogP contribution in [0.1, 0.15) is 11.1 Å². The molecular formula is C20H18ClN3O3S. The summed E-state index contributed by atoms with van der Waals surface area (Å²) < 4.78 is 27.0. The zero-order valence-electron chi connectivity index (χ0n) is 15.0. The van der Waals surface area contributed by atoms with Crippen molar-refractivity contribution >= 4 is 33.6 Å². The topological polar surface area (TPSA) is 81.5 Å². The zero-order chi connectivity index (χ0) is 20.1. The van der Waals surface area contributed by atoms with E-state index in [9.17, 15) is 13.2 Å². The van der Waals surface area contributed by atoms with Crippen molar-refractivity contribution in [2.75, 3.05) is 26.2 Å². The Labute approximate surface area is 169 Å². The predicted octanol–water partition coefficient (Wildman–Crippen LogP) is 2.76. The van der Waals surface area contributed by atoms with Crippen LogP contribution in [0.3, 0.4) is 0 Å². The number of amides is 1. The second-order valence-corrected chi connectivity index (χ2v) is 8.51. The van der Waals surface area contributed by atoms with Crippen LogP contribution in [-0.2, 0) is 14.8 Å². The molecule has 8 heteroatoms. The lowest BCUT2D eigenvalue weighted by molar-refractivity contribution is -0.127. The van der Waals surface area contributed by atoms with E-state index < -0.39 is 10.0 Å². The van der Waals surface area contributed by atoms with E-state index in [0.29, 0.717) is 5.02 Å². The Hall–Kier alpha value is -2.66. The molecule has 2 aromatic carbocycles. The average molecular weight is 416 g/mol. The number of rotatable bonds is 4. The van der Waals surface area contributed by atoms with Gasteiger partial charge in [-0.3, -0.25) is 4.79 Å². The van der Waals surface area contributed by atoms with E-state index in [1.54, 1.807) is 29.2 Å². The molecule has 0 bridgehead atoms. The van der Waals surface area contributed by atoms with Gasteiger partial charge in [-0.2, -0.15) is 9.57 Å². The van der Waals surface area contributed by atoms with Crippen LogP contribution >= 0.6 is 11.6 Å². The molecule has 1 heterocycles. The fraction of sp³-hybridized carbons (Fsp3) is 0.200. The first kappa shape index (κ1) is 20.1. The monoisotopic (exact) mass is 415 g/mol. The Morgan fingerprint density at radius 1 is 1.04 bits per heavy atom. The van der Waals surface area contributed by atoms with E-state index >= 15 is 0 Å². The van der Waals surface area contributed by atoms with Gasteiger partial charge in [0.15, 0.2) is 0 Å². The quantitative estimate of drug-likeness (QED) is 0.719. The van der Waals surface area contributed by atoms with Crippen LogP contribution < -0.4 is 0 Å². The lowest BCUT2D eigenvalue weighted by atomic mass is 10.2. The Kier molecular flexibility index (Phi) is 6.15. The number of halogens is 1. The van der Waals surface area contributed by atoms with Gasteiger partial charge < -0.3 is 4.90 Å². The highest BCUT2D eigenvalue weighted by atomic mass is 35.5. The number of carbonyl (C=O) groups is 1. The van der Waals surface area contributed by atoms with Crippen LogP contribution in [0.15, 0.2) is 59.5 Å². The fourth-order valence-electron chi connectivity index (χ4n) is 2.95. The number of nitrogens with zero attached hydrogens (tertiary/aromatic N) is 3. The Morgan fingerprint density at radius 3 is 2.36 bits per heavy atom. The second kappa shape index (κ2) is 8.57. The summed E-state index contributed by atoms with van der Waals surface area (Å²) in [6, 6.07) is 15.2. The predicted molar refractivity (Wildman–Crippen MR) is 107 cm³/mol. The normalized spacial score (nSPS) is 15.5. The van der Waals surface area contributed by atoms with E-state index in [-0.39, 0.29) is 42.5 Å². The molecule has 6 nitrogen and oxygen atoms in total. The van der Waals surface area contributed by atoms with E-state index in [0.717, 1.165) is 5.56 Å². The number of carbonyl (C=O) groups excluding carboxylic acids is 1. The number of sulfonamides is 1. The van der Waals surface area contributed by atoms with Gasteiger partial charge in [-0.15, -0.1) is 0 Å². The van der Waals surface area contributed by atoms with Crippen LogP contribution in [0.2, 0.25) is 5.02 Å². The van der Waals surface area contributed by atoms with Crippen molar-refractivity contribution < 1.29 is 13.2 Å². The van der Waals surface area contributed by atoms with Gasteiger partial charge in [0.05, 0.1) is 10.5 Å². The molecule has 0 radical (unpaired) electrons. The summed E-state index contributed by atoms with van der Waals surface area (Å²) in [5.74, 6) is -0.200. The van der Waals surface area contributed by atoms with Gasteiger partial charge in [0.1, 0.15) is 6.07 Å².